The Bertz CT molecular complexity index is 425. The van der Waals surface area contributed by atoms with Crippen LogP contribution in [-0.4, -0.2) is 24.6 Å². The average molecular weight is 273 g/mol. The largest absolute Gasteiger partial charge is 0.433 e. The molecule has 0 radical (unpaired) electrons. The Morgan fingerprint density at radius 2 is 2.00 bits per heavy atom. The van der Waals surface area contributed by atoms with Crippen molar-refractivity contribution in [1.29, 1.82) is 0 Å². The molecule has 0 amide bonds. The third-order valence-electron chi connectivity index (χ3n) is 3.55. The SMILES string of the molecule is CC1(CNc2cccc(C(F)(F)F)n2)CCNCC1. The van der Waals surface area contributed by atoms with Gasteiger partial charge in [-0.3, -0.25) is 0 Å². The van der Waals surface area contributed by atoms with Gasteiger partial charge in [0.05, 0.1) is 0 Å². The molecule has 0 aromatic carbocycles. The van der Waals surface area contributed by atoms with Crippen molar-refractivity contribution in [3.8, 4) is 0 Å². The zero-order valence-electron chi connectivity index (χ0n) is 10.8. The summed E-state index contributed by atoms with van der Waals surface area (Å²) in [6, 6.07) is 3.93. The molecular formula is C13H18F3N3. The van der Waals surface area contributed by atoms with Crippen molar-refractivity contribution in [3.05, 3.63) is 23.9 Å². The second kappa shape index (κ2) is 5.36. The second-order valence-corrected chi connectivity index (χ2v) is 5.32. The van der Waals surface area contributed by atoms with E-state index in [4.69, 9.17) is 0 Å². The molecule has 1 aliphatic rings. The minimum Gasteiger partial charge on any atom is -0.370 e. The van der Waals surface area contributed by atoms with E-state index in [1.807, 2.05) is 0 Å². The molecule has 0 saturated carbocycles. The highest BCUT2D eigenvalue weighted by molar-refractivity contribution is 5.36. The lowest BCUT2D eigenvalue weighted by Crippen LogP contribution is -2.39. The van der Waals surface area contributed by atoms with Gasteiger partial charge in [0.15, 0.2) is 0 Å². The molecule has 1 aliphatic heterocycles. The number of halogens is 3. The van der Waals surface area contributed by atoms with Gasteiger partial charge < -0.3 is 10.6 Å². The summed E-state index contributed by atoms with van der Waals surface area (Å²) in [6.45, 7) is 4.69. The maximum absolute atomic E-state index is 12.5. The number of piperidine rings is 1. The highest BCUT2D eigenvalue weighted by Crippen LogP contribution is 2.30. The molecule has 0 bridgehead atoms. The van der Waals surface area contributed by atoms with Gasteiger partial charge in [-0.25, -0.2) is 4.98 Å². The number of alkyl halides is 3. The number of nitrogens with zero attached hydrogens (tertiary/aromatic N) is 1. The highest BCUT2D eigenvalue weighted by Gasteiger charge is 2.32. The summed E-state index contributed by atoms with van der Waals surface area (Å²) >= 11 is 0. The third kappa shape index (κ3) is 3.83. The molecule has 2 N–H and O–H groups in total. The Hall–Kier alpha value is -1.30. The van der Waals surface area contributed by atoms with Crippen LogP contribution in [-0.2, 0) is 6.18 Å². The van der Waals surface area contributed by atoms with E-state index in [0.717, 1.165) is 32.0 Å². The van der Waals surface area contributed by atoms with Gasteiger partial charge in [-0.2, -0.15) is 13.2 Å². The number of pyridine rings is 1. The van der Waals surface area contributed by atoms with Crippen LogP contribution in [0.15, 0.2) is 18.2 Å². The van der Waals surface area contributed by atoms with Gasteiger partial charge in [0, 0.05) is 6.54 Å². The normalized spacial score (nSPS) is 19.2. The Labute approximate surface area is 110 Å². The van der Waals surface area contributed by atoms with Crippen LogP contribution in [0.4, 0.5) is 19.0 Å². The Morgan fingerprint density at radius 1 is 1.32 bits per heavy atom. The quantitative estimate of drug-likeness (QED) is 0.889. The van der Waals surface area contributed by atoms with E-state index in [2.05, 4.69) is 22.5 Å². The first-order valence-electron chi connectivity index (χ1n) is 6.38. The fraction of sp³-hybridized carbons (Fsp3) is 0.615. The van der Waals surface area contributed by atoms with E-state index in [1.165, 1.54) is 6.07 Å². The summed E-state index contributed by atoms with van der Waals surface area (Å²) in [5.41, 5.74) is -0.741. The van der Waals surface area contributed by atoms with Crippen molar-refractivity contribution in [1.82, 2.24) is 10.3 Å². The number of rotatable bonds is 3. The standard InChI is InChI=1S/C13H18F3N3/c1-12(5-7-17-8-6-12)9-18-11-4-2-3-10(19-11)13(14,15)16/h2-4,17H,5-9H2,1H3,(H,18,19). The van der Waals surface area contributed by atoms with Crippen LogP contribution in [0.2, 0.25) is 0 Å². The first-order valence-corrected chi connectivity index (χ1v) is 6.38. The van der Waals surface area contributed by atoms with E-state index < -0.39 is 11.9 Å². The number of aromatic nitrogens is 1. The third-order valence-corrected chi connectivity index (χ3v) is 3.55. The van der Waals surface area contributed by atoms with E-state index in [1.54, 1.807) is 6.07 Å². The van der Waals surface area contributed by atoms with E-state index in [0.29, 0.717) is 6.54 Å². The fourth-order valence-electron chi connectivity index (χ4n) is 2.20. The molecule has 1 saturated heterocycles. The van der Waals surface area contributed by atoms with Crippen LogP contribution in [0, 0.1) is 5.41 Å². The predicted molar refractivity (Wildman–Crippen MR) is 67.9 cm³/mol. The monoisotopic (exact) mass is 273 g/mol. The van der Waals surface area contributed by atoms with Gasteiger partial charge in [0.1, 0.15) is 11.5 Å². The Balaban J connectivity index is 1.99. The topological polar surface area (TPSA) is 37.0 Å². The summed E-state index contributed by atoms with van der Waals surface area (Å²) in [5.74, 6) is 0.287. The lowest BCUT2D eigenvalue weighted by atomic mass is 9.81. The van der Waals surface area contributed by atoms with Crippen molar-refractivity contribution >= 4 is 5.82 Å². The summed E-state index contributed by atoms with van der Waals surface area (Å²) in [6.07, 6.45) is -2.37. The van der Waals surface area contributed by atoms with Crippen LogP contribution in [0.1, 0.15) is 25.5 Å². The molecule has 1 fully saturated rings. The van der Waals surface area contributed by atoms with E-state index >= 15 is 0 Å². The van der Waals surface area contributed by atoms with Crippen LogP contribution in [0.5, 0.6) is 0 Å². The summed E-state index contributed by atoms with van der Waals surface area (Å²) in [4.78, 5) is 3.61. The van der Waals surface area contributed by atoms with E-state index in [9.17, 15) is 13.2 Å². The molecule has 19 heavy (non-hydrogen) atoms. The Morgan fingerprint density at radius 3 is 2.63 bits per heavy atom. The molecule has 0 atom stereocenters. The smallest absolute Gasteiger partial charge is 0.370 e. The molecule has 1 aromatic heterocycles. The molecule has 0 aliphatic carbocycles. The predicted octanol–water partition coefficient (Wildman–Crippen LogP) is 2.90. The van der Waals surface area contributed by atoms with Gasteiger partial charge in [0.2, 0.25) is 0 Å². The number of nitrogens with one attached hydrogen (secondary N) is 2. The average Bonchev–Trinajstić information content (AvgIpc) is 2.37. The molecule has 2 rings (SSSR count). The van der Waals surface area contributed by atoms with Gasteiger partial charge in [-0.1, -0.05) is 13.0 Å². The first-order chi connectivity index (χ1) is 8.89. The highest BCUT2D eigenvalue weighted by atomic mass is 19.4. The van der Waals surface area contributed by atoms with Crippen LogP contribution in [0.25, 0.3) is 0 Å². The van der Waals surface area contributed by atoms with Crippen LogP contribution in [0.3, 0.4) is 0 Å². The minimum atomic E-state index is -4.39. The minimum absolute atomic E-state index is 0.112. The lowest BCUT2D eigenvalue weighted by molar-refractivity contribution is -0.141. The van der Waals surface area contributed by atoms with Crippen molar-refractivity contribution in [2.75, 3.05) is 25.0 Å². The molecule has 6 heteroatoms. The van der Waals surface area contributed by atoms with Crippen molar-refractivity contribution in [2.24, 2.45) is 5.41 Å². The fourth-order valence-corrected chi connectivity index (χ4v) is 2.20. The number of hydrogen-bond acceptors (Lipinski definition) is 3. The van der Waals surface area contributed by atoms with Crippen LogP contribution < -0.4 is 10.6 Å². The maximum atomic E-state index is 12.5. The Kier molecular flexibility index (Phi) is 3.99. The molecule has 0 unspecified atom stereocenters. The summed E-state index contributed by atoms with van der Waals surface area (Å²) < 4.78 is 37.6. The summed E-state index contributed by atoms with van der Waals surface area (Å²) in [7, 11) is 0. The molecule has 0 spiro atoms. The zero-order chi connectivity index (χ0) is 13.9. The van der Waals surface area contributed by atoms with Gasteiger partial charge >= 0.3 is 6.18 Å². The number of anilines is 1. The molecule has 106 valence electrons. The second-order valence-electron chi connectivity index (χ2n) is 5.32. The summed E-state index contributed by atoms with van der Waals surface area (Å²) in [5, 5.41) is 6.30. The molecule has 1 aromatic rings. The van der Waals surface area contributed by atoms with Crippen molar-refractivity contribution in [2.45, 2.75) is 25.9 Å². The molecular weight excluding hydrogens is 255 g/mol. The number of hydrogen-bond donors (Lipinski definition) is 2. The van der Waals surface area contributed by atoms with Crippen molar-refractivity contribution < 1.29 is 13.2 Å². The van der Waals surface area contributed by atoms with Gasteiger partial charge in [0.25, 0.3) is 0 Å². The molecule has 3 nitrogen and oxygen atoms in total. The first kappa shape index (κ1) is 14.1. The van der Waals surface area contributed by atoms with Crippen molar-refractivity contribution in [3.63, 3.8) is 0 Å². The van der Waals surface area contributed by atoms with Gasteiger partial charge in [-0.05, 0) is 43.5 Å². The lowest BCUT2D eigenvalue weighted by Gasteiger charge is -2.34. The van der Waals surface area contributed by atoms with Gasteiger partial charge in [-0.15, -0.1) is 0 Å². The van der Waals surface area contributed by atoms with Crippen LogP contribution >= 0.6 is 0 Å². The zero-order valence-corrected chi connectivity index (χ0v) is 10.8. The maximum Gasteiger partial charge on any atom is 0.433 e. The van der Waals surface area contributed by atoms with E-state index in [-0.39, 0.29) is 11.2 Å². The molecule has 2 heterocycles.